The van der Waals surface area contributed by atoms with Gasteiger partial charge in [0.15, 0.2) is 5.82 Å². The van der Waals surface area contributed by atoms with Gasteiger partial charge in [0.2, 0.25) is 5.95 Å². The maximum atomic E-state index is 13.9. The summed E-state index contributed by atoms with van der Waals surface area (Å²) in [6, 6.07) is 9.03. The van der Waals surface area contributed by atoms with Crippen molar-refractivity contribution in [1.29, 1.82) is 0 Å². The fraction of sp³-hybridized carbons (Fsp3) is 0.500. The molecule has 0 unspecified atom stereocenters. The molecule has 10 heteroatoms. The molecule has 2 N–H and O–H groups in total. The van der Waals surface area contributed by atoms with Crippen LogP contribution in [0.25, 0.3) is 17.0 Å². The number of benzene rings is 1. The van der Waals surface area contributed by atoms with Crippen molar-refractivity contribution in [3.05, 3.63) is 36.2 Å². The average molecular weight is 444 g/mol. The van der Waals surface area contributed by atoms with Gasteiger partial charge >= 0.3 is 0 Å². The lowest BCUT2D eigenvalue weighted by Gasteiger charge is -2.30. The molecule has 2 aliphatic rings. The second-order valence-corrected chi connectivity index (χ2v) is 8.26. The molecule has 2 fully saturated rings. The number of halogens is 2. The Morgan fingerprint density at radius 1 is 1.03 bits per heavy atom. The first-order valence-electron chi connectivity index (χ1n) is 11.0. The molecule has 5 rings (SSSR count). The number of aromatic nitrogens is 4. The van der Waals surface area contributed by atoms with Crippen molar-refractivity contribution in [1.82, 2.24) is 19.5 Å². The first-order valence-corrected chi connectivity index (χ1v) is 11.0. The van der Waals surface area contributed by atoms with Gasteiger partial charge in [0.1, 0.15) is 11.6 Å². The zero-order chi connectivity index (χ0) is 22.1. The number of aliphatic hydroxyl groups excluding tert-OH is 1. The van der Waals surface area contributed by atoms with Crippen molar-refractivity contribution in [3.8, 4) is 5.95 Å². The maximum Gasteiger partial charge on any atom is 0.296 e. The molecule has 1 saturated carbocycles. The van der Waals surface area contributed by atoms with Crippen molar-refractivity contribution >= 4 is 22.7 Å². The first kappa shape index (κ1) is 21.0. The van der Waals surface area contributed by atoms with Gasteiger partial charge in [-0.25, -0.2) is 13.8 Å². The van der Waals surface area contributed by atoms with Gasteiger partial charge in [-0.15, -0.1) is 0 Å². The number of para-hydroxylation sites is 2. The number of nitrogens with one attached hydrogen (secondary N) is 1. The molecule has 2 aromatic heterocycles. The Balaban J connectivity index is 1.58. The Kier molecular flexibility index (Phi) is 5.88. The van der Waals surface area contributed by atoms with Crippen molar-refractivity contribution in [2.24, 2.45) is 0 Å². The Bertz CT molecular complexity index is 1080. The van der Waals surface area contributed by atoms with E-state index < -0.39 is 6.43 Å². The second-order valence-electron chi connectivity index (χ2n) is 8.26. The summed E-state index contributed by atoms with van der Waals surface area (Å²) in [4.78, 5) is 15.5. The van der Waals surface area contributed by atoms with Crippen molar-refractivity contribution in [2.45, 2.75) is 44.3 Å². The lowest BCUT2D eigenvalue weighted by atomic mass is 9.93. The number of aliphatic hydroxyl groups is 1. The van der Waals surface area contributed by atoms with E-state index in [4.69, 9.17) is 4.74 Å². The number of nitrogens with zero attached hydrogens (tertiary/aromatic N) is 5. The molecule has 32 heavy (non-hydrogen) atoms. The SMILES string of the molecule is O[C@H]1CC[C@H](Nc2cc(N3CCOCC3)nc(-n3c(C(F)F)nc4ccccc43)n2)CC1. The molecular formula is C22H26F2N6O2. The predicted octanol–water partition coefficient (Wildman–Crippen LogP) is 3.31. The van der Waals surface area contributed by atoms with E-state index in [1.165, 1.54) is 4.57 Å². The van der Waals surface area contributed by atoms with E-state index in [9.17, 15) is 13.9 Å². The van der Waals surface area contributed by atoms with Crippen LogP contribution in [0.5, 0.6) is 0 Å². The van der Waals surface area contributed by atoms with Gasteiger partial charge in [0.05, 0.1) is 30.4 Å². The summed E-state index contributed by atoms with van der Waals surface area (Å²) in [5.41, 5.74) is 1.01. The van der Waals surface area contributed by atoms with E-state index >= 15 is 0 Å². The average Bonchev–Trinajstić information content (AvgIpc) is 3.21. The molecule has 1 aliphatic carbocycles. The monoisotopic (exact) mass is 444 g/mol. The van der Waals surface area contributed by atoms with Crippen LogP contribution in [0.1, 0.15) is 37.9 Å². The summed E-state index contributed by atoms with van der Waals surface area (Å²) in [6.45, 7) is 2.49. The quantitative estimate of drug-likeness (QED) is 0.624. The van der Waals surface area contributed by atoms with E-state index in [2.05, 4.69) is 25.2 Å². The number of imidazole rings is 1. The molecule has 0 radical (unpaired) electrons. The number of rotatable bonds is 5. The largest absolute Gasteiger partial charge is 0.393 e. The van der Waals surface area contributed by atoms with Crippen LogP contribution in [0.2, 0.25) is 0 Å². The van der Waals surface area contributed by atoms with Crippen LogP contribution in [0, 0.1) is 0 Å². The van der Waals surface area contributed by atoms with E-state index in [1.54, 1.807) is 24.3 Å². The molecule has 3 heterocycles. The van der Waals surface area contributed by atoms with Crippen molar-refractivity contribution in [3.63, 3.8) is 0 Å². The Hall–Kier alpha value is -2.85. The normalized spacial score (nSPS) is 21.9. The van der Waals surface area contributed by atoms with Gasteiger partial charge in [-0.05, 0) is 37.8 Å². The highest BCUT2D eigenvalue weighted by Gasteiger charge is 2.25. The molecular weight excluding hydrogens is 418 g/mol. The van der Waals surface area contributed by atoms with Gasteiger partial charge in [-0.1, -0.05) is 12.1 Å². The molecule has 170 valence electrons. The van der Waals surface area contributed by atoms with Crippen LogP contribution in [0.15, 0.2) is 30.3 Å². The third kappa shape index (κ3) is 4.24. The van der Waals surface area contributed by atoms with E-state index in [-0.39, 0.29) is 23.9 Å². The number of ether oxygens (including phenoxy) is 1. The van der Waals surface area contributed by atoms with Crippen LogP contribution in [0.4, 0.5) is 20.4 Å². The summed E-state index contributed by atoms with van der Waals surface area (Å²) in [5, 5.41) is 13.2. The molecule has 1 aliphatic heterocycles. The van der Waals surface area contributed by atoms with Gasteiger partial charge < -0.3 is 20.1 Å². The summed E-state index contributed by atoms with van der Waals surface area (Å²) in [5.74, 6) is 1.03. The fourth-order valence-electron chi connectivity index (χ4n) is 4.38. The van der Waals surface area contributed by atoms with Crippen LogP contribution in [-0.4, -0.2) is 63.1 Å². The Morgan fingerprint density at radius 2 is 1.78 bits per heavy atom. The summed E-state index contributed by atoms with van der Waals surface area (Å²) in [7, 11) is 0. The smallest absolute Gasteiger partial charge is 0.296 e. The predicted molar refractivity (Wildman–Crippen MR) is 117 cm³/mol. The van der Waals surface area contributed by atoms with Crippen molar-refractivity contribution in [2.75, 3.05) is 36.5 Å². The summed E-state index contributed by atoms with van der Waals surface area (Å²) in [6.07, 6.45) is 0.0762. The van der Waals surface area contributed by atoms with Gasteiger partial charge in [0.25, 0.3) is 6.43 Å². The zero-order valence-electron chi connectivity index (χ0n) is 17.6. The molecule has 3 aromatic rings. The summed E-state index contributed by atoms with van der Waals surface area (Å²) >= 11 is 0. The van der Waals surface area contributed by atoms with Gasteiger partial charge in [-0.3, -0.25) is 4.57 Å². The minimum atomic E-state index is -2.77. The zero-order valence-corrected chi connectivity index (χ0v) is 17.6. The third-order valence-electron chi connectivity index (χ3n) is 6.07. The number of morpholine rings is 1. The number of hydrogen-bond acceptors (Lipinski definition) is 7. The summed E-state index contributed by atoms with van der Waals surface area (Å²) < 4.78 is 34.6. The Labute approximate surface area is 184 Å². The minimum absolute atomic E-state index is 0.160. The molecule has 8 nitrogen and oxygen atoms in total. The first-order chi connectivity index (χ1) is 15.6. The molecule has 0 spiro atoms. The van der Waals surface area contributed by atoms with Gasteiger partial charge in [-0.2, -0.15) is 9.97 Å². The van der Waals surface area contributed by atoms with Gasteiger partial charge in [0, 0.05) is 25.2 Å². The number of fused-ring (bicyclic) bond motifs is 1. The maximum absolute atomic E-state index is 13.9. The highest BCUT2D eigenvalue weighted by atomic mass is 19.3. The standard InChI is InChI=1S/C22H26F2N6O2/c23-20(24)21-26-16-3-1-2-4-17(16)30(21)22-27-18(25-14-5-7-15(31)8-6-14)13-19(28-22)29-9-11-32-12-10-29/h1-4,13-15,20,31H,5-12H2,(H,25,27,28)/t14-,15-. The number of hydrogen-bond donors (Lipinski definition) is 2. The van der Waals surface area contributed by atoms with E-state index in [1.807, 2.05) is 6.07 Å². The third-order valence-corrected chi connectivity index (χ3v) is 6.07. The molecule has 1 aromatic carbocycles. The highest BCUT2D eigenvalue weighted by molar-refractivity contribution is 5.77. The van der Waals surface area contributed by atoms with E-state index in [0.717, 1.165) is 25.7 Å². The number of anilines is 2. The van der Waals surface area contributed by atoms with Crippen LogP contribution < -0.4 is 10.2 Å². The van der Waals surface area contributed by atoms with E-state index in [0.29, 0.717) is 49.0 Å². The topological polar surface area (TPSA) is 88.3 Å². The van der Waals surface area contributed by atoms with Crippen LogP contribution in [-0.2, 0) is 4.74 Å². The number of alkyl halides is 2. The molecule has 1 saturated heterocycles. The minimum Gasteiger partial charge on any atom is -0.393 e. The second kappa shape index (κ2) is 8.95. The lowest BCUT2D eigenvalue weighted by molar-refractivity contribution is 0.122. The van der Waals surface area contributed by atoms with Crippen LogP contribution >= 0.6 is 0 Å². The lowest BCUT2D eigenvalue weighted by Crippen LogP contribution is -2.37. The fourth-order valence-corrected chi connectivity index (χ4v) is 4.38. The Morgan fingerprint density at radius 3 is 2.53 bits per heavy atom. The van der Waals surface area contributed by atoms with Crippen molar-refractivity contribution < 1.29 is 18.6 Å². The molecule has 0 amide bonds. The van der Waals surface area contributed by atoms with Crippen LogP contribution in [0.3, 0.4) is 0 Å². The molecule has 0 bridgehead atoms. The highest BCUT2D eigenvalue weighted by Crippen LogP contribution is 2.29. The molecule has 0 atom stereocenters.